The predicted octanol–water partition coefficient (Wildman–Crippen LogP) is 3.37. The van der Waals surface area contributed by atoms with Crippen LogP contribution in [0.25, 0.3) is 0 Å². The second-order valence-corrected chi connectivity index (χ2v) is 10.2. The van der Waals surface area contributed by atoms with Gasteiger partial charge in [0.2, 0.25) is 11.8 Å². The lowest BCUT2D eigenvalue weighted by Gasteiger charge is -2.26. The summed E-state index contributed by atoms with van der Waals surface area (Å²) in [7, 11) is 3.29. The summed E-state index contributed by atoms with van der Waals surface area (Å²) in [4.78, 5) is 52.1. The Morgan fingerprint density at radius 3 is 2.33 bits per heavy atom. The van der Waals surface area contributed by atoms with Crippen molar-refractivity contribution in [3.8, 4) is 0 Å². The Hall–Kier alpha value is -3.10. The van der Waals surface area contributed by atoms with Gasteiger partial charge in [0.15, 0.2) is 0 Å². The highest BCUT2D eigenvalue weighted by molar-refractivity contribution is 5.89. The molecule has 1 fully saturated rings. The van der Waals surface area contributed by atoms with Crippen molar-refractivity contribution in [2.24, 2.45) is 11.8 Å². The maximum absolute atomic E-state index is 13.1. The summed E-state index contributed by atoms with van der Waals surface area (Å²) in [5.41, 5.74) is 1.05. The molecule has 1 aliphatic rings. The maximum Gasteiger partial charge on any atom is 0.408 e. The van der Waals surface area contributed by atoms with Gasteiger partial charge in [-0.15, -0.1) is 0 Å². The number of amides is 3. The lowest BCUT2D eigenvalue weighted by molar-refractivity contribution is -0.143. The molecule has 1 aromatic carbocycles. The third-order valence-electron chi connectivity index (χ3n) is 6.40. The zero-order valence-corrected chi connectivity index (χ0v) is 21.9. The molecule has 2 rings (SSSR count). The van der Waals surface area contributed by atoms with E-state index in [-0.39, 0.29) is 24.3 Å². The molecule has 0 bridgehead atoms. The molecule has 200 valence electrons. The van der Waals surface area contributed by atoms with E-state index in [4.69, 9.17) is 4.74 Å². The Morgan fingerprint density at radius 1 is 1.06 bits per heavy atom. The van der Waals surface area contributed by atoms with Crippen LogP contribution in [0.4, 0.5) is 4.79 Å². The molecule has 4 atom stereocenters. The third-order valence-corrected chi connectivity index (χ3v) is 6.40. The molecule has 0 spiro atoms. The fraction of sp³-hybridized carbons (Fsp3) is 0.630. The second kappa shape index (κ2) is 14.5. The predicted molar refractivity (Wildman–Crippen MR) is 136 cm³/mol. The van der Waals surface area contributed by atoms with E-state index in [0.29, 0.717) is 25.7 Å². The van der Waals surface area contributed by atoms with Crippen LogP contribution in [0.1, 0.15) is 64.4 Å². The molecule has 1 aliphatic heterocycles. The monoisotopic (exact) mass is 503 g/mol. The van der Waals surface area contributed by atoms with Gasteiger partial charge in [-0.3, -0.25) is 9.59 Å². The highest BCUT2D eigenvalue weighted by atomic mass is 16.6. The van der Waals surface area contributed by atoms with Gasteiger partial charge in [-0.25, -0.2) is 9.59 Å². The van der Waals surface area contributed by atoms with Gasteiger partial charge in [-0.05, 0) is 43.6 Å². The molecule has 0 radical (unpaired) electrons. The molecule has 9 nitrogen and oxygen atoms in total. The number of carboxylic acid groups (broad SMARTS) is 1. The van der Waals surface area contributed by atoms with Crippen LogP contribution in [0.5, 0.6) is 0 Å². The number of aliphatic carboxylic acids is 1. The average molecular weight is 504 g/mol. The van der Waals surface area contributed by atoms with Gasteiger partial charge < -0.3 is 25.4 Å². The van der Waals surface area contributed by atoms with Crippen molar-refractivity contribution in [1.29, 1.82) is 0 Å². The van der Waals surface area contributed by atoms with E-state index >= 15 is 0 Å². The molecule has 36 heavy (non-hydrogen) atoms. The van der Waals surface area contributed by atoms with Crippen molar-refractivity contribution < 1.29 is 29.0 Å². The SMILES string of the molecule is CC(C)C[C@@H]1NC(=O)OC(Cc2ccccc2)CCCCCC(C(=O)N(C)C)C[C@@H](C(=O)O)NC1=O. The number of hydrogen-bond acceptors (Lipinski definition) is 5. The second-order valence-electron chi connectivity index (χ2n) is 10.2. The Kier molecular flexibility index (Phi) is 11.7. The number of nitrogens with one attached hydrogen (secondary N) is 2. The van der Waals surface area contributed by atoms with Crippen LogP contribution in [-0.2, 0) is 25.5 Å². The van der Waals surface area contributed by atoms with E-state index in [0.717, 1.165) is 24.8 Å². The van der Waals surface area contributed by atoms with Gasteiger partial charge in [-0.2, -0.15) is 0 Å². The summed E-state index contributed by atoms with van der Waals surface area (Å²) in [5.74, 6) is -2.43. The van der Waals surface area contributed by atoms with Crippen LogP contribution in [-0.4, -0.2) is 66.2 Å². The van der Waals surface area contributed by atoms with Crippen LogP contribution < -0.4 is 10.6 Å². The number of rotatable bonds is 6. The van der Waals surface area contributed by atoms with Crippen molar-refractivity contribution in [2.45, 2.75) is 83.4 Å². The molecule has 0 aliphatic carbocycles. The summed E-state index contributed by atoms with van der Waals surface area (Å²) < 4.78 is 5.75. The van der Waals surface area contributed by atoms with Gasteiger partial charge in [-0.1, -0.05) is 57.0 Å². The molecular weight excluding hydrogens is 462 g/mol. The highest BCUT2D eigenvalue weighted by Gasteiger charge is 2.32. The van der Waals surface area contributed by atoms with Crippen LogP contribution in [0.2, 0.25) is 0 Å². The van der Waals surface area contributed by atoms with Crippen molar-refractivity contribution >= 4 is 23.9 Å². The van der Waals surface area contributed by atoms with Gasteiger partial charge >= 0.3 is 12.1 Å². The van der Waals surface area contributed by atoms with Crippen LogP contribution in [0.3, 0.4) is 0 Å². The number of hydrogen-bond donors (Lipinski definition) is 3. The molecule has 9 heteroatoms. The summed E-state index contributed by atoms with van der Waals surface area (Å²) >= 11 is 0. The zero-order valence-electron chi connectivity index (χ0n) is 21.9. The quantitative estimate of drug-likeness (QED) is 0.547. The Labute approximate surface area is 214 Å². The Balaban J connectivity index is 2.28. The van der Waals surface area contributed by atoms with Crippen LogP contribution in [0.15, 0.2) is 30.3 Å². The number of carboxylic acids is 1. The minimum atomic E-state index is -1.24. The van der Waals surface area contributed by atoms with Crippen molar-refractivity contribution in [2.75, 3.05) is 14.1 Å². The van der Waals surface area contributed by atoms with Gasteiger partial charge in [0.25, 0.3) is 0 Å². The first-order valence-electron chi connectivity index (χ1n) is 12.8. The molecule has 1 aromatic rings. The molecule has 3 N–H and O–H groups in total. The first-order valence-corrected chi connectivity index (χ1v) is 12.8. The van der Waals surface area contributed by atoms with E-state index in [1.54, 1.807) is 14.1 Å². The number of carbonyl (C=O) groups excluding carboxylic acids is 3. The van der Waals surface area contributed by atoms with Gasteiger partial charge in [0, 0.05) is 26.4 Å². The third kappa shape index (κ3) is 9.87. The summed E-state index contributed by atoms with van der Waals surface area (Å²) in [6, 6.07) is 7.57. The molecule has 3 amide bonds. The largest absolute Gasteiger partial charge is 0.480 e. The van der Waals surface area contributed by atoms with Crippen LogP contribution >= 0.6 is 0 Å². The smallest absolute Gasteiger partial charge is 0.408 e. The van der Waals surface area contributed by atoms with E-state index in [2.05, 4.69) is 10.6 Å². The summed E-state index contributed by atoms with van der Waals surface area (Å²) in [6.07, 6.45) is 3.30. The summed E-state index contributed by atoms with van der Waals surface area (Å²) in [5, 5.41) is 15.0. The van der Waals surface area contributed by atoms with Crippen molar-refractivity contribution in [3.63, 3.8) is 0 Å². The Bertz CT molecular complexity index is 874. The minimum absolute atomic E-state index is 0.00639. The number of carbonyl (C=O) groups is 4. The number of cyclic esters (lactones) is 1. The average Bonchev–Trinajstić information content (AvgIpc) is 2.81. The van der Waals surface area contributed by atoms with E-state index < -0.39 is 36.0 Å². The standard InChI is InChI=1S/C27H41N3O6/c1-18(2)15-22-24(31)28-23(26(33)34)17-20(25(32)30(3)4)13-9-6-10-14-21(36-27(35)29-22)16-19-11-7-5-8-12-19/h5,7-8,11-12,18,20-23H,6,9-10,13-17H2,1-4H3,(H,28,31)(H,29,35)(H,33,34)/t20?,21?,22-,23-/m0/s1. The molecule has 1 heterocycles. The van der Waals surface area contributed by atoms with E-state index in [1.807, 2.05) is 44.2 Å². The molecule has 0 aromatic heterocycles. The van der Waals surface area contributed by atoms with Crippen LogP contribution in [0, 0.1) is 11.8 Å². The fourth-order valence-corrected chi connectivity index (χ4v) is 4.54. The van der Waals surface area contributed by atoms with Gasteiger partial charge in [0.05, 0.1) is 0 Å². The first kappa shape index (κ1) is 29.1. The Morgan fingerprint density at radius 2 is 1.72 bits per heavy atom. The van der Waals surface area contributed by atoms with E-state index in [9.17, 15) is 24.3 Å². The maximum atomic E-state index is 13.1. The molecule has 0 saturated carbocycles. The highest BCUT2D eigenvalue weighted by Crippen LogP contribution is 2.21. The van der Waals surface area contributed by atoms with Crippen molar-refractivity contribution in [1.82, 2.24) is 15.5 Å². The van der Waals surface area contributed by atoms with E-state index in [1.165, 1.54) is 4.90 Å². The first-order chi connectivity index (χ1) is 17.1. The lowest BCUT2D eigenvalue weighted by atomic mass is 9.91. The number of alkyl carbamates (subject to hydrolysis) is 1. The topological polar surface area (TPSA) is 125 Å². The lowest BCUT2D eigenvalue weighted by Crippen LogP contribution is -2.53. The van der Waals surface area contributed by atoms with Crippen molar-refractivity contribution in [3.05, 3.63) is 35.9 Å². The number of ether oxygens (including phenoxy) is 1. The minimum Gasteiger partial charge on any atom is -0.480 e. The normalized spacial score (nSPS) is 24.5. The van der Waals surface area contributed by atoms with Gasteiger partial charge in [0.1, 0.15) is 18.2 Å². The number of benzene rings is 1. The zero-order chi connectivity index (χ0) is 26.7. The molecular formula is C27H41N3O6. The molecule has 2 unspecified atom stereocenters. The molecule has 1 saturated heterocycles. The summed E-state index contributed by atoms with van der Waals surface area (Å²) in [6.45, 7) is 3.82. The number of nitrogens with zero attached hydrogens (tertiary/aromatic N) is 1. The fourth-order valence-electron chi connectivity index (χ4n) is 4.54.